The van der Waals surface area contributed by atoms with Gasteiger partial charge in [-0.3, -0.25) is 4.68 Å². The van der Waals surface area contributed by atoms with E-state index in [2.05, 4.69) is 16.6 Å². The summed E-state index contributed by atoms with van der Waals surface area (Å²) in [4.78, 5) is 0. The van der Waals surface area contributed by atoms with E-state index < -0.39 is 0 Å². The first-order valence-electron chi connectivity index (χ1n) is 4.16. The van der Waals surface area contributed by atoms with Crippen LogP contribution >= 0.6 is 11.8 Å². The summed E-state index contributed by atoms with van der Waals surface area (Å²) in [5, 5.41) is 7.63. The van der Waals surface area contributed by atoms with Gasteiger partial charge in [0.05, 0.1) is 6.20 Å². The van der Waals surface area contributed by atoms with E-state index in [-0.39, 0.29) is 0 Å². The zero-order valence-electron chi connectivity index (χ0n) is 7.16. The number of rotatable bonds is 1. The minimum atomic E-state index is 0.512. The van der Waals surface area contributed by atoms with Gasteiger partial charge in [-0.15, -0.1) is 0 Å². The zero-order valence-corrected chi connectivity index (χ0v) is 7.97. The second kappa shape index (κ2) is 3.49. The fraction of sp³-hybridized carbons (Fsp3) is 0.625. The van der Waals surface area contributed by atoms with Crippen LogP contribution in [0, 0.1) is 0 Å². The van der Waals surface area contributed by atoms with Gasteiger partial charge in [-0.2, -0.15) is 16.9 Å². The lowest BCUT2D eigenvalue weighted by Crippen LogP contribution is -2.29. The van der Waals surface area contributed by atoms with Crippen LogP contribution in [0.3, 0.4) is 0 Å². The van der Waals surface area contributed by atoms with Gasteiger partial charge in [-0.05, 0) is 0 Å². The minimum absolute atomic E-state index is 0.512. The van der Waals surface area contributed by atoms with Crippen molar-refractivity contribution in [1.29, 1.82) is 0 Å². The van der Waals surface area contributed by atoms with Crippen molar-refractivity contribution < 1.29 is 0 Å². The molecule has 1 aliphatic heterocycles. The monoisotopic (exact) mass is 183 g/mol. The first kappa shape index (κ1) is 8.13. The third kappa shape index (κ3) is 1.64. The average molecular weight is 183 g/mol. The van der Waals surface area contributed by atoms with E-state index in [0.29, 0.717) is 6.04 Å². The normalized spacial score (nSPS) is 24.2. The van der Waals surface area contributed by atoms with Crippen molar-refractivity contribution in [2.24, 2.45) is 7.05 Å². The molecule has 1 aromatic rings. The van der Waals surface area contributed by atoms with Gasteiger partial charge < -0.3 is 5.32 Å². The Balaban J connectivity index is 2.08. The van der Waals surface area contributed by atoms with Gasteiger partial charge in [0, 0.05) is 42.9 Å². The zero-order chi connectivity index (χ0) is 8.39. The highest BCUT2D eigenvalue weighted by molar-refractivity contribution is 7.99. The molecule has 1 fully saturated rings. The van der Waals surface area contributed by atoms with Crippen LogP contribution in [0.2, 0.25) is 0 Å². The number of aromatic nitrogens is 2. The SMILES string of the molecule is Cn1cc([C@@H]2CSCCN2)cn1. The number of aryl methyl sites for hydroxylation is 1. The maximum Gasteiger partial charge on any atom is 0.0537 e. The summed E-state index contributed by atoms with van der Waals surface area (Å²) in [6.07, 6.45) is 4.03. The first-order chi connectivity index (χ1) is 5.86. The molecule has 1 aliphatic rings. The summed E-state index contributed by atoms with van der Waals surface area (Å²) in [7, 11) is 1.96. The number of nitrogens with one attached hydrogen (secondary N) is 1. The third-order valence-corrected chi connectivity index (χ3v) is 3.11. The summed E-state index contributed by atoms with van der Waals surface area (Å²) in [6, 6.07) is 0.512. The second-order valence-corrected chi connectivity index (χ2v) is 4.18. The van der Waals surface area contributed by atoms with Crippen LogP contribution < -0.4 is 5.32 Å². The number of hydrogen-bond acceptors (Lipinski definition) is 3. The molecule has 2 heterocycles. The van der Waals surface area contributed by atoms with Crippen LogP contribution in [0.25, 0.3) is 0 Å². The summed E-state index contributed by atoms with van der Waals surface area (Å²) in [5.74, 6) is 2.41. The van der Waals surface area contributed by atoms with Crippen molar-refractivity contribution >= 4 is 11.8 Å². The Hall–Kier alpha value is -0.480. The molecule has 0 radical (unpaired) electrons. The van der Waals surface area contributed by atoms with Crippen LogP contribution in [-0.2, 0) is 7.05 Å². The van der Waals surface area contributed by atoms with Gasteiger partial charge >= 0.3 is 0 Å². The Labute approximate surface area is 76.5 Å². The molecule has 0 spiro atoms. The quantitative estimate of drug-likeness (QED) is 0.698. The molecule has 0 aliphatic carbocycles. The molecule has 1 atom stereocenters. The Morgan fingerprint density at radius 3 is 3.25 bits per heavy atom. The fourth-order valence-corrected chi connectivity index (χ4v) is 2.37. The van der Waals surface area contributed by atoms with Gasteiger partial charge in [0.25, 0.3) is 0 Å². The summed E-state index contributed by atoms with van der Waals surface area (Å²) in [6.45, 7) is 1.12. The highest BCUT2D eigenvalue weighted by atomic mass is 32.2. The molecular formula is C8H13N3S. The van der Waals surface area contributed by atoms with Crippen LogP contribution in [-0.4, -0.2) is 27.8 Å². The van der Waals surface area contributed by atoms with E-state index in [9.17, 15) is 0 Å². The summed E-state index contributed by atoms with van der Waals surface area (Å²) in [5.41, 5.74) is 1.31. The lowest BCUT2D eigenvalue weighted by Gasteiger charge is -2.21. The van der Waals surface area contributed by atoms with Gasteiger partial charge in [0.2, 0.25) is 0 Å². The van der Waals surface area contributed by atoms with Crippen molar-refractivity contribution in [2.45, 2.75) is 6.04 Å². The second-order valence-electron chi connectivity index (χ2n) is 3.03. The predicted octanol–water partition coefficient (Wildman–Crippen LogP) is 0.798. The molecule has 66 valence electrons. The Kier molecular flexibility index (Phi) is 2.37. The maximum atomic E-state index is 4.16. The Morgan fingerprint density at radius 2 is 2.67 bits per heavy atom. The molecule has 0 unspecified atom stereocenters. The molecular weight excluding hydrogens is 170 g/mol. The van der Waals surface area contributed by atoms with Gasteiger partial charge in [0.1, 0.15) is 0 Å². The molecule has 1 saturated heterocycles. The summed E-state index contributed by atoms with van der Waals surface area (Å²) < 4.78 is 1.86. The van der Waals surface area contributed by atoms with Crippen LogP contribution in [0.1, 0.15) is 11.6 Å². The van der Waals surface area contributed by atoms with E-state index in [1.54, 1.807) is 0 Å². The Morgan fingerprint density at radius 1 is 1.75 bits per heavy atom. The van der Waals surface area contributed by atoms with Crippen LogP contribution in [0.15, 0.2) is 12.4 Å². The summed E-state index contributed by atoms with van der Waals surface area (Å²) >= 11 is 2.01. The molecule has 3 nitrogen and oxygen atoms in total. The third-order valence-electron chi connectivity index (χ3n) is 2.05. The molecule has 12 heavy (non-hydrogen) atoms. The van der Waals surface area contributed by atoms with Gasteiger partial charge in [0.15, 0.2) is 0 Å². The smallest absolute Gasteiger partial charge is 0.0537 e. The average Bonchev–Trinajstić information content (AvgIpc) is 2.54. The van der Waals surface area contributed by atoms with Crippen LogP contribution in [0.5, 0.6) is 0 Å². The molecule has 1 N–H and O–H groups in total. The number of thioether (sulfide) groups is 1. The largest absolute Gasteiger partial charge is 0.308 e. The van der Waals surface area contributed by atoms with E-state index in [4.69, 9.17) is 0 Å². The first-order valence-corrected chi connectivity index (χ1v) is 5.31. The molecule has 0 aromatic carbocycles. The molecule has 0 bridgehead atoms. The van der Waals surface area contributed by atoms with Crippen molar-refractivity contribution in [1.82, 2.24) is 15.1 Å². The molecule has 2 rings (SSSR count). The maximum absolute atomic E-state index is 4.16. The highest BCUT2D eigenvalue weighted by Gasteiger charge is 2.15. The lowest BCUT2D eigenvalue weighted by atomic mass is 10.2. The highest BCUT2D eigenvalue weighted by Crippen LogP contribution is 2.20. The van der Waals surface area contributed by atoms with E-state index >= 15 is 0 Å². The van der Waals surface area contributed by atoms with Gasteiger partial charge in [-0.25, -0.2) is 0 Å². The Bertz CT molecular complexity index is 253. The molecule has 0 amide bonds. The van der Waals surface area contributed by atoms with Crippen molar-refractivity contribution in [3.05, 3.63) is 18.0 Å². The van der Waals surface area contributed by atoms with Crippen molar-refractivity contribution in [3.63, 3.8) is 0 Å². The van der Waals surface area contributed by atoms with E-state index in [0.717, 1.165) is 6.54 Å². The fourth-order valence-electron chi connectivity index (χ4n) is 1.40. The predicted molar refractivity (Wildman–Crippen MR) is 51.3 cm³/mol. The van der Waals surface area contributed by atoms with Crippen molar-refractivity contribution in [2.75, 3.05) is 18.1 Å². The van der Waals surface area contributed by atoms with Crippen molar-refractivity contribution in [3.8, 4) is 0 Å². The number of hydrogen-bond donors (Lipinski definition) is 1. The van der Waals surface area contributed by atoms with Gasteiger partial charge in [-0.1, -0.05) is 0 Å². The lowest BCUT2D eigenvalue weighted by molar-refractivity contribution is 0.594. The topological polar surface area (TPSA) is 29.9 Å². The molecule has 1 aromatic heterocycles. The standard InChI is InChI=1S/C8H13N3S/c1-11-5-7(4-10-11)8-6-12-3-2-9-8/h4-5,8-9H,2-3,6H2,1H3/t8-/m0/s1. The van der Waals surface area contributed by atoms with E-state index in [1.807, 2.05) is 29.7 Å². The minimum Gasteiger partial charge on any atom is -0.308 e. The molecule has 4 heteroatoms. The number of nitrogens with zero attached hydrogens (tertiary/aromatic N) is 2. The van der Waals surface area contributed by atoms with Crippen LogP contribution in [0.4, 0.5) is 0 Å². The van der Waals surface area contributed by atoms with E-state index in [1.165, 1.54) is 17.1 Å². The molecule has 0 saturated carbocycles.